The highest BCUT2D eigenvalue weighted by molar-refractivity contribution is 8.00. The Balaban J connectivity index is 1.05. The highest BCUT2D eigenvalue weighted by Crippen LogP contribution is 2.39. The zero-order chi connectivity index (χ0) is 30.8. The van der Waals surface area contributed by atoms with Crippen LogP contribution in [0.5, 0.6) is 5.75 Å². The Bertz CT molecular complexity index is 1490. The fourth-order valence-corrected chi connectivity index (χ4v) is 6.49. The van der Waals surface area contributed by atoms with Crippen LogP contribution in [0, 0.1) is 5.92 Å². The monoisotopic (exact) mass is 629 g/mol. The van der Waals surface area contributed by atoms with Crippen LogP contribution in [0.4, 0.5) is 24.9 Å². The summed E-state index contributed by atoms with van der Waals surface area (Å²) in [6, 6.07) is 12.1. The summed E-state index contributed by atoms with van der Waals surface area (Å²) in [4.78, 5) is 25.0. The fraction of sp³-hybridized carbons (Fsp3) is 0.452. The number of carbonyl (C=O) groups is 1. The van der Waals surface area contributed by atoms with Crippen molar-refractivity contribution in [1.82, 2.24) is 14.9 Å². The van der Waals surface area contributed by atoms with Crippen molar-refractivity contribution in [3.05, 3.63) is 59.2 Å². The largest absolute Gasteiger partial charge is 0.489 e. The lowest BCUT2D eigenvalue weighted by molar-refractivity contribution is -0.151. The molecule has 0 radical (unpaired) electrons. The molecule has 6 rings (SSSR count). The number of nitrogens with two attached hydrogens (primary N) is 1. The summed E-state index contributed by atoms with van der Waals surface area (Å²) in [6.45, 7) is 5.01. The van der Waals surface area contributed by atoms with E-state index >= 15 is 0 Å². The molecular formula is C31H34F3N5O4S. The van der Waals surface area contributed by atoms with Gasteiger partial charge in [-0.15, -0.1) is 0 Å². The summed E-state index contributed by atoms with van der Waals surface area (Å²) >= 11 is -0.132. The van der Waals surface area contributed by atoms with Gasteiger partial charge in [0.05, 0.1) is 24.3 Å². The second-order valence-electron chi connectivity index (χ2n) is 11.4. The number of hydrogen-bond donors (Lipinski definition) is 2. The average Bonchev–Trinajstić information content (AvgIpc) is 2.96. The molecule has 13 heteroatoms. The van der Waals surface area contributed by atoms with E-state index in [-0.39, 0.29) is 41.2 Å². The van der Waals surface area contributed by atoms with Gasteiger partial charge in [-0.1, -0.05) is 12.1 Å². The lowest BCUT2D eigenvalue weighted by Gasteiger charge is -2.38. The van der Waals surface area contributed by atoms with E-state index in [9.17, 15) is 18.0 Å². The smallest absolute Gasteiger partial charge is 0.446 e. The SMILES string of the molecule is Nc1nc2c(c(N3CCN(CCO[C@H]4C[C@@H](C(=O)O)C4)CC3)n1)CCc1cc(OCc3ccc(SC(F)(F)F)cc3)ccc1-2. The van der Waals surface area contributed by atoms with Gasteiger partial charge in [0, 0.05) is 48.7 Å². The van der Waals surface area contributed by atoms with Gasteiger partial charge in [0.25, 0.3) is 0 Å². The minimum atomic E-state index is -4.31. The van der Waals surface area contributed by atoms with Crippen LogP contribution < -0.4 is 15.4 Å². The molecule has 0 bridgehead atoms. The van der Waals surface area contributed by atoms with Crippen molar-refractivity contribution in [1.29, 1.82) is 0 Å². The number of thioether (sulfide) groups is 1. The van der Waals surface area contributed by atoms with Gasteiger partial charge in [0.2, 0.25) is 5.95 Å². The highest BCUT2D eigenvalue weighted by atomic mass is 32.2. The van der Waals surface area contributed by atoms with Crippen LogP contribution >= 0.6 is 11.8 Å². The van der Waals surface area contributed by atoms with Crippen molar-refractivity contribution in [3.8, 4) is 17.0 Å². The Morgan fingerprint density at radius 3 is 2.50 bits per heavy atom. The quantitative estimate of drug-likeness (QED) is 0.297. The van der Waals surface area contributed by atoms with Gasteiger partial charge in [0.15, 0.2) is 0 Å². The number of hydrogen-bond acceptors (Lipinski definition) is 9. The van der Waals surface area contributed by atoms with Gasteiger partial charge in [-0.05, 0) is 78.9 Å². The first-order valence-corrected chi connectivity index (χ1v) is 15.5. The second-order valence-corrected chi connectivity index (χ2v) is 12.5. The second kappa shape index (κ2) is 12.8. The minimum Gasteiger partial charge on any atom is -0.489 e. The Hall–Kier alpha value is -3.55. The molecule has 44 heavy (non-hydrogen) atoms. The molecule has 0 amide bonds. The summed E-state index contributed by atoms with van der Waals surface area (Å²) in [5.74, 6) is 0.806. The molecule has 1 aliphatic heterocycles. The first-order chi connectivity index (χ1) is 21.1. The Labute approximate surface area is 257 Å². The van der Waals surface area contributed by atoms with E-state index in [0.29, 0.717) is 25.2 Å². The number of aromatic nitrogens is 2. The van der Waals surface area contributed by atoms with E-state index in [1.165, 1.54) is 12.1 Å². The van der Waals surface area contributed by atoms with E-state index < -0.39 is 11.5 Å². The summed E-state index contributed by atoms with van der Waals surface area (Å²) in [6.07, 6.45) is 2.83. The molecule has 1 saturated carbocycles. The predicted molar refractivity (Wildman–Crippen MR) is 161 cm³/mol. The molecule has 3 aliphatic rings. The molecule has 9 nitrogen and oxygen atoms in total. The molecule has 1 saturated heterocycles. The zero-order valence-corrected chi connectivity index (χ0v) is 24.9. The third-order valence-electron chi connectivity index (χ3n) is 8.42. The Morgan fingerprint density at radius 1 is 1.05 bits per heavy atom. The normalized spacial score (nSPS) is 20.0. The summed E-state index contributed by atoms with van der Waals surface area (Å²) < 4.78 is 49.6. The van der Waals surface area contributed by atoms with Crippen LogP contribution in [-0.4, -0.2) is 76.9 Å². The number of piperazine rings is 1. The lowest BCUT2D eigenvalue weighted by atomic mass is 9.82. The molecule has 234 valence electrons. The molecule has 0 unspecified atom stereocenters. The summed E-state index contributed by atoms with van der Waals surface area (Å²) in [5.41, 5.74) is 6.70. The molecule has 1 aromatic heterocycles. The maximum Gasteiger partial charge on any atom is 0.446 e. The first-order valence-electron chi connectivity index (χ1n) is 14.7. The van der Waals surface area contributed by atoms with Crippen molar-refractivity contribution >= 4 is 29.5 Å². The Kier molecular flexibility index (Phi) is 8.88. The van der Waals surface area contributed by atoms with E-state index in [2.05, 4.69) is 19.8 Å². The molecule has 0 atom stereocenters. The van der Waals surface area contributed by atoms with Crippen LogP contribution in [0.1, 0.15) is 29.5 Å². The van der Waals surface area contributed by atoms with Gasteiger partial charge in [-0.25, -0.2) is 4.98 Å². The number of carboxylic acids is 1. The van der Waals surface area contributed by atoms with Gasteiger partial charge >= 0.3 is 11.5 Å². The number of alkyl halides is 3. The third-order valence-corrected chi connectivity index (χ3v) is 9.16. The maximum absolute atomic E-state index is 12.6. The van der Waals surface area contributed by atoms with Crippen molar-refractivity contribution in [2.75, 3.05) is 50.0 Å². The van der Waals surface area contributed by atoms with Crippen LogP contribution in [0.15, 0.2) is 47.4 Å². The molecule has 2 aromatic carbocycles. The number of nitrogens with zero attached hydrogens (tertiary/aromatic N) is 4. The first kappa shape index (κ1) is 30.5. The number of ether oxygens (including phenoxy) is 2. The molecule has 2 aliphatic carbocycles. The number of aliphatic carboxylic acids is 1. The van der Waals surface area contributed by atoms with Crippen LogP contribution in [0.2, 0.25) is 0 Å². The van der Waals surface area contributed by atoms with Crippen LogP contribution in [0.3, 0.4) is 0 Å². The fourth-order valence-electron chi connectivity index (χ4n) is 5.95. The highest BCUT2D eigenvalue weighted by Gasteiger charge is 2.35. The number of nitrogen functional groups attached to an aromatic ring is 1. The van der Waals surface area contributed by atoms with Crippen LogP contribution in [-0.2, 0) is 29.0 Å². The molecular weight excluding hydrogens is 595 g/mol. The Morgan fingerprint density at radius 2 is 1.80 bits per heavy atom. The van der Waals surface area contributed by atoms with Gasteiger partial charge in [-0.2, -0.15) is 18.2 Å². The topological polar surface area (TPSA) is 114 Å². The number of aryl methyl sites for hydroxylation is 1. The standard InChI is InChI=1S/C31H34F3N5O4S/c32-31(33,34)44-24-5-1-19(2-6-24)18-43-22-4-8-25-20(15-22)3-7-26-27(25)36-30(35)37-28(26)39-11-9-38(10-12-39)13-14-42-23-16-21(17-23)29(40)41/h1-2,4-6,8,15,21,23H,3,7,9-14,16-18H2,(H,40,41)(H2,35,36,37)/t21-,23+. The van der Waals surface area contributed by atoms with Gasteiger partial charge in [-0.3, -0.25) is 9.69 Å². The van der Waals surface area contributed by atoms with Gasteiger partial charge < -0.3 is 25.2 Å². The number of rotatable bonds is 10. The van der Waals surface area contributed by atoms with Crippen LogP contribution in [0.25, 0.3) is 11.3 Å². The van der Waals surface area contributed by atoms with E-state index in [1.807, 2.05) is 18.2 Å². The number of benzene rings is 2. The number of halogens is 3. The van der Waals surface area contributed by atoms with Gasteiger partial charge in [0.1, 0.15) is 18.2 Å². The van der Waals surface area contributed by atoms with Crippen molar-refractivity contribution in [2.45, 2.75) is 48.8 Å². The van der Waals surface area contributed by atoms with E-state index in [1.54, 1.807) is 12.1 Å². The molecule has 2 heterocycles. The van der Waals surface area contributed by atoms with E-state index in [4.69, 9.17) is 20.3 Å². The van der Waals surface area contributed by atoms with Crippen molar-refractivity contribution < 1.29 is 32.5 Å². The molecule has 3 aromatic rings. The van der Waals surface area contributed by atoms with Crippen molar-refractivity contribution in [3.63, 3.8) is 0 Å². The summed E-state index contributed by atoms with van der Waals surface area (Å²) in [7, 11) is 0. The molecule has 3 N–H and O–H groups in total. The summed E-state index contributed by atoms with van der Waals surface area (Å²) in [5, 5.41) is 9.02. The number of fused-ring (bicyclic) bond motifs is 3. The lowest BCUT2D eigenvalue weighted by Crippen LogP contribution is -2.48. The number of carboxylic acid groups (broad SMARTS) is 1. The molecule has 0 spiro atoms. The maximum atomic E-state index is 12.6. The minimum absolute atomic E-state index is 0.0599. The predicted octanol–water partition coefficient (Wildman–Crippen LogP) is 5.02. The molecule has 2 fully saturated rings. The zero-order valence-electron chi connectivity index (χ0n) is 24.1. The average molecular weight is 630 g/mol. The third kappa shape index (κ3) is 7.22. The van der Waals surface area contributed by atoms with Crippen molar-refractivity contribution in [2.24, 2.45) is 5.92 Å². The number of anilines is 2. The van der Waals surface area contributed by atoms with E-state index in [0.717, 1.165) is 79.3 Å².